The molecular weight excluding hydrogens is 558 g/mol. The Morgan fingerprint density at radius 3 is 2.72 bits per heavy atom. The van der Waals surface area contributed by atoms with Gasteiger partial charge in [0, 0.05) is 35.4 Å². The summed E-state index contributed by atoms with van der Waals surface area (Å²) >= 11 is 9.18. The number of aromatic hydroxyl groups is 1. The van der Waals surface area contributed by atoms with Crippen molar-refractivity contribution in [1.82, 2.24) is 15.5 Å². The molecule has 0 aromatic heterocycles. The lowest BCUT2D eigenvalue weighted by molar-refractivity contribution is -0.137. The molecule has 1 aliphatic heterocycles. The number of aliphatic hydroxyl groups excluding tert-OH is 1. The number of nitrogens with one attached hydrogen (secondary N) is 3. The predicted molar refractivity (Wildman–Crippen MR) is 137 cm³/mol. The molecule has 0 saturated heterocycles. The van der Waals surface area contributed by atoms with E-state index in [9.17, 15) is 29.7 Å². The van der Waals surface area contributed by atoms with E-state index in [1.165, 1.54) is 24.1 Å². The molecule has 2 atom stereocenters. The van der Waals surface area contributed by atoms with Gasteiger partial charge in [-0.25, -0.2) is 0 Å². The lowest BCUT2D eigenvalue weighted by Crippen LogP contribution is -2.42. The van der Waals surface area contributed by atoms with Gasteiger partial charge in [-0.2, -0.15) is 0 Å². The number of carbonyl (C=O) groups is 3. The Bertz CT molecular complexity index is 1190. The fraction of sp³-hybridized carbons (Fsp3) is 0.304. The number of guanidine groups is 1. The van der Waals surface area contributed by atoms with Gasteiger partial charge in [0.05, 0.1) is 36.1 Å². The number of phenols is 1. The summed E-state index contributed by atoms with van der Waals surface area (Å²) in [5, 5.41) is 37.9. The quantitative estimate of drug-likeness (QED) is 0.275. The first-order chi connectivity index (χ1) is 17.0. The number of benzene rings is 2. The molecule has 0 radical (unpaired) electrons. The lowest BCUT2D eigenvalue weighted by Gasteiger charge is -2.22. The summed E-state index contributed by atoms with van der Waals surface area (Å²) in [4.78, 5) is 42.4. The molecule has 192 valence electrons. The molecule has 6 N–H and O–H groups in total. The van der Waals surface area contributed by atoms with Gasteiger partial charge in [-0.05, 0) is 46.3 Å². The number of likely N-dealkylation sites (N-methyl/N-ethyl adjacent to an activating group) is 1. The zero-order valence-corrected chi connectivity index (χ0v) is 21.5. The lowest BCUT2D eigenvalue weighted by atomic mass is 10.0. The fourth-order valence-electron chi connectivity index (χ4n) is 3.49. The van der Waals surface area contributed by atoms with Gasteiger partial charge >= 0.3 is 5.97 Å². The molecule has 2 aromatic rings. The standard InChI is InChI=1S/C23H25BrClN5O6/c1-30(22(36)12-3-2-4-14(5-12)28-23-26-9-15(31)10-27-23)11-19(32)29-18(8-20(33)34)16-6-13(25)7-17(24)21(16)35/h2-7,15,18,31,35H,8-11H2,1H3,(H,29,32)(H,33,34)(H2,26,27,28)/t18-/m0/s1. The highest BCUT2D eigenvalue weighted by Crippen LogP contribution is 2.36. The highest BCUT2D eigenvalue weighted by molar-refractivity contribution is 9.10. The van der Waals surface area contributed by atoms with Crippen LogP contribution in [0.5, 0.6) is 5.75 Å². The molecule has 0 saturated carbocycles. The minimum Gasteiger partial charge on any atom is -0.506 e. The highest BCUT2D eigenvalue weighted by Gasteiger charge is 2.24. The van der Waals surface area contributed by atoms with Crippen LogP contribution < -0.4 is 16.0 Å². The monoisotopic (exact) mass is 581 g/mol. The molecule has 0 bridgehead atoms. The average molecular weight is 583 g/mol. The number of halogens is 2. The molecular formula is C23H25BrClN5O6. The molecule has 0 fully saturated rings. The van der Waals surface area contributed by atoms with E-state index in [0.717, 1.165) is 0 Å². The van der Waals surface area contributed by atoms with Gasteiger partial charge in [-0.1, -0.05) is 17.7 Å². The first-order valence-corrected chi connectivity index (χ1v) is 12.0. The van der Waals surface area contributed by atoms with E-state index in [0.29, 0.717) is 23.8 Å². The van der Waals surface area contributed by atoms with E-state index < -0.39 is 36.4 Å². The highest BCUT2D eigenvalue weighted by atomic mass is 79.9. The SMILES string of the molecule is CN(CC(=O)N[C@@H](CC(=O)O)c1cc(Cl)cc(Br)c1O)C(=O)c1cccc(NC2=NCC(O)CN2)c1. The van der Waals surface area contributed by atoms with E-state index in [-0.39, 0.29) is 33.9 Å². The number of anilines is 1. The zero-order chi connectivity index (χ0) is 26.4. The van der Waals surface area contributed by atoms with Crippen molar-refractivity contribution in [2.75, 3.05) is 32.0 Å². The van der Waals surface area contributed by atoms with Crippen LogP contribution in [0, 0.1) is 0 Å². The number of hydrogen-bond acceptors (Lipinski definition) is 8. The number of hydrogen-bond donors (Lipinski definition) is 6. The summed E-state index contributed by atoms with van der Waals surface area (Å²) in [5.74, 6) is -2.03. The number of aliphatic hydroxyl groups is 1. The van der Waals surface area contributed by atoms with Crippen molar-refractivity contribution in [2.45, 2.75) is 18.6 Å². The Balaban J connectivity index is 1.67. The number of amides is 2. The van der Waals surface area contributed by atoms with Gasteiger partial charge in [0.15, 0.2) is 5.96 Å². The first kappa shape index (κ1) is 27.2. The van der Waals surface area contributed by atoms with Crippen LogP contribution in [-0.4, -0.2) is 76.7 Å². The second-order valence-electron chi connectivity index (χ2n) is 8.13. The predicted octanol–water partition coefficient (Wildman–Crippen LogP) is 1.94. The molecule has 1 heterocycles. The number of carboxylic acid groups (broad SMARTS) is 1. The van der Waals surface area contributed by atoms with Crippen molar-refractivity contribution in [2.24, 2.45) is 4.99 Å². The average Bonchev–Trinajstić information content (AvgIpc) is 2.81. The van der Waals surface area contributed by atoms with Gasteiger partial charge in [-0.15, -0.1) is 0 Å². The van der Waals surface area contributed by atoms with E-state index in [1.807, 2.05) is 0 Å². The Morgan fingerprint density at radius 1 is 1.31 bits per heavy atom. The summed E-state index contributed by atoms with van der Waals surface area (Å²) in [7, 11) is 1.44. The van der Waals surface area contributed by atoms with E-state index >= 15 is 0 Å². The molecule has 36 heavy (non-hydrogen) atoms. The van der Waals surface area contributed by atoms with Crippen molar-refractivity contribution in [3.8, 4) is 5.75 Å². The smallest absolute Gasteiger partial charge is 0.305 e. The molecule has 1 unspecified atom stereocenters. The number of rotatable bonds is 8. The number of phenolic OH excluding ortho intramolecular Hbond substituents is 1. The van der Waals surface area contributed by atoms with Crippen LogP contribution in [0.1, 0.15) is 28.4 Å². The Kier molecular flexibility index (Phi) is 9.13. The second-order valence-corrected chi connectivity index (χ2v) is 9.43. The Hall–Kier alpha value is -3.35. The van der Waals surface area contributed by atoms with Crippen molar-refractivity contribution in [3.05, 3.63) is 57.0 Å². The van der Waals surface area contributed by atoms with Crippen LogP contribution in [0.4, 0.5) is 5.69 Å². The van der Waals surface area contributed by atoms with Crippen LogP contribution in [0.2, 0.25) is 5.02 Å². The van der Waals surface area contributed by atoms with Crippen molar-refractivity contribution in [3.63, 3.8) is 0 Å². The summed E-state index contributed by atoms with van der Waals surface area (Å²) in [6.07, 6.45) is -1.06. The number of carbonyl (C=O) groups excluding carboxylic acids is 2. The second kappa shape index (κ2) is 12.1. The largest absolute Gasteiger partial charge is 0.506 e. The number of β-amino-alcohol motifs (C(OH)–C–C–N with tert-alkyl or cyclic N) is 1. The van der Waals surface area contributed by atoms with Gasteiger partial charge in [0.25, 0.3) is 5.91 Å². The molecule has 3 rings (SSSR count). The van der Waals surface area contributed by atoms with Crippen LogP contribution in [0.25, 0.3) is 0 Å². The number of aliphatic carboxylic acids is 1. The van der Waals surface area contributed by atoms with E-state index in [2.05, 4.69) is 36.9 Å². The third kappa shape index (κ3) is 7.33. The normalized spacial score (nSPS) is 15.8. The zero-order valence-electron chi connectivity index (χ0n) is 19.2. The van der Waals surface area contributed by atoms with E-state index in [4.69, 9.17) is 11.6 Å². The maximum atomic E-state index is 12.9. The fourth-order valence-corrected chi connectivity index (χ4v) is 4.33. The van der Waals surface area contributed by atoms with Crippen molar-refractivity contribution >= 4 is 57.0 Å². The Labute approximate surface area is 220 Å². The van der Waals surface area contributed by atoms with Crippen LogP contribution >= 0.6 is 27.5 Å². The number of carboxylic acids is 1. The topological polar surface area (TPSA) is 164 Å². The van der Waals surface area contributed by atoms with Gasteiger partial charge in [-0.3, -0.25) is 19.4 Å². The number of nitrogens with zero attached hydrogens (tertiary/aromatic N) is 2. The first-order valence-electron chi connectivity index (χ1n) is 10.8. The third-order valence-electron chi connectivity index (χ3n) is 5.21. The minimum atomic E-state index is -1.20. The van der Waals surface area contributed by atoms with Crippen LogP contribution in [0.3, 0.4) is 0 Å². The molecule has 1 aliphatic rings. The van der Waals surface area contributed by atoms with E-state index in [1.54, 1.807) is 24.3 Å². The summed E-state index contributed by atoms with van der Waals surface area (Å²) < 4.78 is 0.251. The summed E-state index contributed by atoms with van der Waals surface area (Å²) in [5.41, 5.74) is 1.03. The Morgan fingerprint density at radius 2 is 2.06 bits per heavy atom. The van der Waals surface area contributed by atoms with Gasteiger partial charge in [0.2, 0.25) is 5.91 Å². The molecule has 0 spiro atoms. The third-order valence-corrected chi connectivity index (χ3v) is 6.03. The molecule has 2 amide bonds. The minimum absolute atomic E-state index is 0.129. The van der Waals surface area contributed by atoms with Crippen LogP contribution in [-0.2, 0) is 9.59 Å². The molecule has 0 aliphatic carbocycles. The maximum absolute atomic E-state index is 12.9. The van der Waals surface area contributed by atoms with Gasteiger partial charge < -0.3 is 36.2 Å². The molecule has 13 heteroatoms. The summed E-state index contributed by atoms with van der Waals surface area (Å²) in [6, 6.07) is 8.33. The van der Waals surface area contributed by atoms with Crippen LogP contribution in [0.15, 0.2) is 45.9 Å². The molecule has 11 nitrogen and oxygen atoms in total. The summed E-state index contributed by atoms with van der Waals surface area (Å²) in [6.45, 7) is 0.259. The van der Waals surface area contributed by atoms with Crippen molar-refractivity contribution < 1.29 is 29.7 Å². The number of aliphatic imine (C=N–C) groups is 1. The van der Waals surface area contributed by atoms with Crippen molar-refractivity contribution in [1.29, 1.82) is 0 Å². The molecule has 2 aromatic carbocycles. The van der Waals surface area contributed by atoms with Gasteiger partial charge in [0.1, 0.15) is 5.75 Å². The maximum Gasteiger partial charge on any atom is 0.305 e.